The molecule has 0 amide bonds. The average molecular weight is 259 g/mol. The van der Waals surface area contributed by atoms with E-state index in [-0.39, 0.29) is 5.75 Å². The van der Waals surface area contributed by atoms with Gasteiger partial charge in [0.1, 0.15) is 0 Å². The van der Waals surface area contributed by atoms with Crippen LogP contribution < -0.4 is 10.5 Å². The van der Waals surface area contributed by atoms with Crippen LogP contribution >= 0.6 is 0 Å². The van der Waals surface area contributed by atoms with E-state index in [1.54, 1.807) is 12.1 Å². The Morgan fingerprint density at radius 3 is 2.47 bits per heavy atom. The Kier molecular flexibility index (Phi) is 4.78. The van der Waals surface area contributed by atoms with E-state index in [4.69, 9.17) is 10.5 Å². The summed E-state index contributed by atoms with van der Waals surface area (Å²) >= 11 is 0. The van der Waals surface area contributed by atoms with E-state index in [1.807, 2.05) is 18.2 Å². The number of nitrogen functional groups attached to an aromatic ring is 1. The van der Waals surface area contributed by atoms with Gasteiger partial charge in [0.05, 0.1) is 12.3 Å². The zero-order valence-corrected chi connectivity index (χ0v) is 10.8. The third-order valence-electron chi connectivity index (χ3n) is 2.95. The summed E-state index contributed by atoms with van der Waals surface area (Å²) in [6.45, 7) is 0.484. The number of rotatable bonds is 6. The van der Waals surface area contributed by atoms with Crippen molar-refractivity contribution in [1.82, 2.24) is 0 Å². The Morgan fingerprint density at radius 2 is 1.74 bits per heavy atom. The first-order chi connectivity index (χ1) is 9.27. The molecule has 3 heteroatoms. The highest BCUT2D eigenvalue weighted by molar-refractivity contribution is 5.52. The lowest BCUT2D eigenvalue weighted by Gasteiger charge is -2.09. The number of para-hydroxylation sites is 1. The molecule has 0 atom stereocenters. The third-order valence-corrected chi connectivity index (χ3v) is 2.95. The first-order valence-electron chi connectivity index (χ1n) is 6.48. The van der Waals surface area contributed by atoms with E-state index < -0.39 is 5.82 Å². The van der Waals surface area contributed by atoms with E-state index in [2.05, 4.69) is 12.1 Å². The molecule has 0 spiro atoms. The average Bonchev–Trinajstić information content (AvgIpc) is 2.42. The van der Waals surface area contributed by atoms with Gasteiger partial charge < -0.3 is 10.5 Å². The molecule has 2 aromatic carbocycles. The molecule has 0 aliphatic heterocycles. The molecule has 2 N–H and O–H groups in total. The predicted molar refractivity (Wildman–Crippen MR) is 75.7 cm³/mol. The normalized spacial score (nSPS) is 10.4. The highest BCUT2D eigenvalue weighted by Crippen LogP contribution is 2.24. The minimum absolute atomic E-state index is 0.169. The van der Waals surface area contributed by atoms with E-state index >= 15 is 0 Å². The second kappa shape index (κ2) is 6.78. The summed E-state index contributed by atoms with van der Waals surface area (Å²) in [7, 11) is 0. The van der Waals surface area contributed by atoms with Gasteiger partial charge in [0.15, 0.2) is 11.6 Å². The van der Waals surface area contributed by atoms with Gasteiger partial charge in [-0.05, 0) is 37.0 Å². The maximum Gasteiger partial charge on any atom is 0.177 e. The monoisotopic (exact) mass is 259 g/mol. The van der Waals surface area contributed by atoms with Crippen LogP contribution in [0.1, 0.15) is 18.4 Å². The number of ether oxygens (including phenoxy) is 1. The van der Waals surface area contributed by atoms with Crippen molar-refractivity contribution >= 4 is 5.69 Å². The molecule has 0 saturated heterocycles. The smallest absolute Gasteiger partial charge is 0.177 e. The Morgan fingerprint density at radius 1 is 0.947 bits per heavy atom. The zero-order chi connectivity index (χ0) is 13.5. The van der Waals surface area contributed by atoms with Gasteiger partial charge in [0.2, 0.25) is 0 Å². The molecule has 0 saturated carbocycles. The molecular weight excluding hydrogens is 241 g/mol. The molecule has 0 aliphatic carbocycles. The van der Waals surface area contributed by atoms with Crippen molar-refractivity contribution in [3.05, 3.63) is 59.9 Å². The molecule has 2 aromatic rings. The van der Waals surface area contributed by atoms with E-state index in [0.717, 1.165) is 19.3 Å². The molecule has 0 fully saturated rings. The number of anilines is 1. The Hall–Kier alpha value is -2.03. The Bertz CT molecular complexity index is 493. The first-order valence-corrected chi connectivity index (χ1v) is 6.48. The van der Waals surface area contributed by atoms with Gasteiger partial charge in [0.25, 0.3) is 0 Å². The fourth-order valence-corrected chi connectivity index (χ4v) is 1.93. The summed E-state index contributed by atoms with van der Waals surface area (Å²) in [6, 6.07) is 14.9. The van der Waals surface area contributed by atoms with Gasteiger partial charge >= 0.3 is 0 Å². The van der Waals surface area contributed by atoms with Crippen molar-refractivity contribution in [2.75, 3.05) is 12.3 Å². The summed E-state index contributed by atoms with van der Waals surface area (Å²) in [6.07, 6.45) is 2.90. The van der Waals surface area contributed by atoms with Gasteiger partial charge in [-0.1, -0.05) is 36.4 Å². The first kappa shape index (κ1) is 13.4. The minimum atomic E-state index is -0.400. The lowest BCUT2D eigenvalue weighted by molar-refractivity contribution is 0.294. The highest BCUT2D eigenvalue weighted by Gasteiger charge is 2.06. The number of hydrogen-bond donors (Lipinski definition) is 1. The van der Waals surface area contributed by atoms with Gasteiger partial charge in [-0.15, -0.1) is 0 Å². The predicted octanol–water partition coefficient (Wildman–Crippen LogP) is 3.81. The Labute approximate surface area is 113 Å². The lowest BCUT2D eigenvalue weighted by atomic mass is 10.1. The summed E-state index contributed by atoms with van der Waals surface area (Å²) in [4.78, 5) is 0. The number of hydrogen-bond acceptors (Lipinski definition) is 2. The molecule has 0 unspecified atom stereocenters. The molecule has 0 aromatic heterocycles. The molecule has 2 nitrogen and oxygen atoms in total. The lowest BCUT2D eigenvalue weighted by Crippen LogP contribution is -2.03. The van der Waals surface area contributed by atoms with E-state index in [0.29, 0.717) is 12.3 Å². The standard InChI is InChI=1S/C16H18FNO/c17-14-10-6-11-15(18)16(14)19-12-5-4-9-13-7-2-1-3-8-13/h1-3,6-8,10-11H,4-5,9,12,18H2. The fourth-order valence-electron chi connectivity index (χ4n) is 1.93. The van der Waals surface area contributed by atoms with Crippen molar-refractivity contribution in [3.8, 4) is 5.75 Å². The second-order valence-corrected chi connectivity index (χ2v) is 4.45. The molecule has 0 heterocycles. The minimum Gasteiger partial charge on any atom is -0.488 e. The largest absolute Gasteiger partial charge is 0.488 e. The van der Waals surface area contributed by atoms with Gasteiger partial charge in [-0.3, -0.25) is 0 Å². The van der Waals surface area contributed by atoms with Crippen LogP contribution in [-0.2, 0) is 6.42 Å². The van der Waals surface area contributed by atoms with Gasteiger partial charge in [-0.2, -0.15) is 0 Å². The molecule has 19 heavy (non-hydrogen) atoms. The molecule has 2 rings (SSSR count). The molecule has 100 valence electrons. The fraction of sp³-hybridized carbons (Fsp3) is 0.250. The Balaban J connectivity index is 1.73. The maximum absolute atomic E-state index is 13.4. The summed E-state index contributed by atoms with van der Waals surface area (Å²) < 4.78 is 18.8. The summed E-state index contributed by atoms with van der Waals surface area (Å²) in [5, 5.41) is 0. The van der Waals surface area contributed by atoms with Crippen molar-refractivity contribution < 1.29 is 9.13 Å². The second-order valence-electron chi connectivity index (χ2n) is 4.45. The number of benzene rings is 2. The molecule has 0 aliphatic rings. The molecule has 0 radical (unpaired) electrons. The zero-order valence-electron chi connectivity index (χ0n) is 10.8. The number of nitrogens with two attached hydrogens (primary N) is 1. The van der Waals surface area contributed by atoms with Crippen LogP contribution in [0.3, 0.4) is 0 Å². The maximum atomic E-state index is 13.4. The van der Waals surface area contributed by atoms with Crippen molar-refractivity contribution in [1.29, 1.82) is 0 Å². The van der Waals surface area contributed by atoms with E-state index in [9.17, 15) is 4.39 Å². The van der Waals surface area contributed by atoms with Crippen LogP contribution in [0.4, 0.5) is 10.1 Å². The third kappa shape index (κ3) is 3.98. The van der Waals surface area contributed by atoms with Gasteiger partial charge in [0, 0.05) is 0 Å². The number of aryl methyl sites for hydroxylation is 1. The van der Waals surface area contributed by atoms with Crippen molar-refractivity contribution in [2.45, 2.75) is 19.3 Å². The van der Waals surface area contributed by atoms with Crippen molar-refractivity contribution in [2.24, 2.45) is 0 Å². The summed E-state index contributed by atoms with van der Waals surface area (Å²) in [5.74, 6) is -0.231. The van der Waals surface area contributed by atoms with Crippen LogP contribution in [0, 0.1) is 5.82 Å². The van der Waals surface area contributed by atoms with Crippen LogP contribution in [-0.4, -0.2) is 6.61 Å². The van der Waals surface area contributed by atoms with Gasteiger partial charge in [-0.25, -0.2) is 4.39 Å². The number of halogens is 1. The van der Waals surface area contributed by atoms with E-state index in [1.165, 1.54) is 11.6 Å². The van der Waals surface area contributed by atoms with Crippen molar-refractivity contribution in [3.63, 3.8) is 0 Å². The highest BCUT2D eigenvalue weighted by atomic mass is 19.1. The SMILES string of the molecule is Nc1cccc(F)c1OCCCCc1ccccc1. The van der Waals surface area contributed by atoms with Crippen LogP contribution in [0.25, 0.3) is 0 Å². The summed E-state index contributed by atoms with van der Waals surface area (Å²) in [5.41, 5.74) is 7.33. The molecule has 0 bridgehead atoms. The topological polar surface area (TPSA) is 35.2 Å². The quantitative estimate of drug-likeness (QED) is 0.632. The van der Waals surface area contributed by atoms with Crippen LogP contribution in [0.2, 0.25) is 0 Å². The van der Waals surface area contributed by atoms with Crippen LogP contribution in [0.5, 0.6) is 5.75 Å². The van der Waals surface area contributed by atoms with Crippen LogP contribution in [0.15, 0.2) is 48.5 Å². The molecular formula is C16H18FNO. The number of unbranched alkanes of at least 4 members (excludes halogenated alkanes) is 1.